The Bertz CT molecular complexity index is 703. The summed E-state index contributed by atoms with van der Waals surface area (Å²) >= 11 is 5.93. The zero-order chi connectivity index (χ0) is 15.5. The third-order valence-electron chi connectivity index (χ3n) is 3.59. The second kappa shape index (κ2) is 6.20. The first-order chi connectivity index (χ1) is 10.6. The molecule has 2 amide bonds. The average Bonchev–Trinajstić information content (AvgIpc) is 2.76. The molecule has 22 heavy (non-hydrogen) atoms. The maximum absolute atomic E-state index is 12.4. The van der Waals surface area contributed by atoms with E-state index in [9.17, 15) is 9.59 Å². The first-order valence-electron chi connectivity index (χ1n) is 7.04. The number of halogens is 1. The van der Waals surface area contributed by atoms with E-state index in [1.165, 1.54) is 4.90 Å². The van der Waals surface area contributed by atoms with E-state index in [1.807, 2.05) is 36.4 Å². The molecule has 2 aromatic rings. The Morgan fingerprint density at radius 2 is 1.86 bits per heavy atom. The molecule has 1 aliphatic rings. The molecule has 1 N–H and O–H groups in total. The van der Waals surface area contributed by atoms with Crippen LogP contribution in [0.5, 0.6) is 0 Å². The van der Waals surface area contributed by atoms with Crippen molar-refractivity contribution in [3.63, 3.8) is 0 Å². The van der Waals surface area contributed by atoms with Gasteiger partial charge in [-0.2, -0.15) is 0 Å². The SMILES string of the molecule is O=C1C[C@@H](Nc2cccc(Cl)c2)C(=O)N1Cc1ccccc1. The lowest BCUT2D eigenvalue weighted by atomic mass is 10.2. The summed E-state index contributed by atoms with van der Waals surface area (Å²) in [5, 5.41) is 3.67. The minimum atomic E-state index is -0.533. The molecule has 0 radical (unpaired) electrons. The predicted octanol–water partition coefficient (Wildman–Crippen LogP) is 3.08. The van der Waals surface area contributed by atoms with Crippen LogP contribution in [0.2, 0.25) is 5.02 Å². The molecule has 1 heterocycles. The smallest absolute Gasteiger partial charge is 0.252 e. The van der Waals surface area contributed by atoms with Gasteiger partial charge in [-0.05, 0) is 23.8 Å². The molecule has 5 heteroatoms. The van der Waals surface area contributed by atoms with Crippen molar-refractivity contribution < 1.29 is 9.59 Å². The highest BCUT2D eigenvalue weighted by atomic mass is 35.5. The van der Waals surface area contributed by atoms with Crippen LogP contribution in [0.4, 0.5) is 5.69 Å². The van der Waals surface area contributed by atoms with Gasteiger partial charge in [0, 0.05) is 10.7 Å². The average molecular weight is 315 g/mol. The van der Waals surface area contributed by atoms with Crippen molar-refractivity contribution in [1.29, 1.82) is 0 Å². The van der Waals surface area contributed by atoms with Crippen LogP contribution >= 0.6 is 11.6 Å². The van der Waals surface area contributed by atoms with E-state index in [0.717, 1.165) is 11.3 Å². The molecular weight excluding hydrogens is 300 g/mol. The summed E-state index contributed by atoms with van der Waals surface area (Å²) in [7, 11) is 0. The lowest BCUT2D eigenvalue weighted by Crippen LogP contribution is -2.34. The lowest BCUT2D eigenvalue weighted by molar-refractivity contribution is -0.139. The van der Waals surface area contributed by atoms with Gasteiger partial charge in [-0.25, -0.2) is 0 Å². The predicted molar refractivity (Wildman–Crippen MR) is 85.5 cm³/mol. The molecule has 1 saturated heterocycles. The Kier molecular flexibility index (Phi) is 4.11. The van der Waals surface area contributed by atoms with Gasteiger partial charge in [0.05, 0.1) is 13.0 Å². The van der Waals surface area contributed by atoms with Crippen LogP contribution in [0.1, 0.15) is 12.0 Å². The molecule has 0 spiro atoms. The van der Waals surface area contributed by atoms with Gasteiger partial charge in [0.1, 0.15) is 6.04 Å². The Morgan fingerprint density at radius 1 is 1.09 bits per heavy atom. The number of nitrogens with zero attached hydrogens (tertiary/aromatic N) is 1. The van der Waals surface area contributed by atoms with Gasteiger partial charge in [-0.3, -0.25) is 14.5 Å². The molecule has 4 nitrogen and oxygen atoms in total. The summed E-state index contributed by atoms with van der Waals surface area (Å²) in [4.78, 5) is 25.8. The molecule has 112 valence electrons. The Labute approximate surface area is 133 Å². The fourth-order valence-corrected chi connectivity index (χ4v) is 2.70. The highest BCUT2D eigenvalue weighted by Gasteiger charge is 2.38. The minimum Gasteiger partial charge on any atom is -0.373 e. The number of carbonyl (C=O) groups is 2. The summed E-state index contributed by atoms with van der Waals surface area (Å²) < 4.78 is 0. The van der Waals surface area contributed by atoms with E-state index in [0.29, 0.717) is 11.6 Å². The molecule has 0 unspecified atom stereocenters. The number of rotatable bonds is 4. The van der Waals surface area contributed by atoms with Crippen molar-refractivity contribution in [3.8, 4) is 0 Å². The molecule has 0 aliphatic carbocycles. The first-order valence-corrected chi connectivity index (χ1v) is 7.41. The number of likely N-dealkylation sites (tertiary alicyclic amines) is 1. The van der Waals surface area contributed by atoms with Crippen LogP contribution in [0, 0.1) is 0 Å². The van der Waals surface area contributed by atoms with Gasteiger partial charge in [-0.15, -0.1) is 0 Å². The number of carbonyl (C=O) groups excluding carboxylic acids is 2. The summed E-state index contributed by atoms with van der Waals surface area (Å²) in [6.45, 7) is 0.312. The number of hydrogen-bond donors (Lipinski definition) is 1. The Hall–Kier alpha value is -2.33. The maximum atomic E-state index is 12.4. The lowest BCUT2D eigenvalue weighted by Gasteiger charge is -2.16. The van der Waals surface area contributed by atoms with E-state index < -0.39 is 6.04 Å². The summed E-state index contributed by atoms with van der Waals surface area (Å²) in [5.41, 5.74) is 1.67. The highest BCUT2D eigenvalue weighted by Crippen LogP contribution is 2.22. The number of imide groups is 1. The fourth-order valence-electron chi connectivity index (χ4n) is 2.51. The second-order valence-corrected chi connectivity index (χ2v) is 5.65. The van der Waals surface area contributed by atoms with Crippen molar-refractivity contribution in [2.75, 3.05) is 5.32 Å². The Balaban J connectivity index is 1.71. The van der Waals surface area contributed by atoms with Gasteiger partial charge < -0.3 is 5.32 Å². The highest BCUT2D eigenvalue weighted by molar-refractivity contribution is 6.30. The number of hydrogen-bond acceptors (Lipinski definition) is 3. The van der Waals surface area contributed by atoms with E-state index in [-0.39, 0.29) is 18.2 Å². The van der Waals surface area contributed by atoms with Crippen molar-refractivity contribution in [2.45, 2.75) is 19.0 Å². The molecular formula is C17H15ClN2O2. The first kappa shape index (κ1) is 14.6. The number of nitrogens with one attached hydrogen (secondary N) is 1. The third kappa shape index (κ3) is 3.12. The van der Waals surface area contributed by atoms with Crippen LogP contribution in [0.25, 0.3) is 0 Å². The van der Waals surface area contributed by atoms with Gasteiger partial charge in [0.25, 0.3) is 5.91 Å². The zero-order valence-corrected chi connectivity index (χ0v) is 12.6. The van der Waals surface area contributed by atoms with E-state index in [1.54, 1.807) is 18.2 Å². The molecule has 2 aromatic carbocycles. The summed E-state index contributed by atoms with van der Waals surface area (Å²) in [6, 6.07) is 16.1. The van der Waals surface area contributed by atoms with Gasteiger partial charge >= 0.3 is 0 Å². The van der Waals surface area contributed by atoms with Crippen LogP contribution in [0.15, 0.2) is 54.6 Å². The number of anilines is 1. The molecule has 0 aromatic heterocycles. The topological polar surface area (TPSA) is 49.4 Å². The van der Waals surface area contributed by atoms with Crippen LogP contribution in [-0.4, -0.2) is 22.8 Å². The number of amides is 2. The second-order valence-electron chi connectivity index (χ2n) is 5.22. The van der Waals surface area contributed by atoms with E-state index >= 15 is 0 Å². The van der Waals surface area contributed by atoms with Gasteiger partial charge in [-0.1, -0.05) is 48.0 Å². The van der Waals surface area contributed by atoms with Crippen molar-refractivity contribution in [2.24, 2.45) is 0 Å². The van der Waals surface area contributed by atoms with Crippen molar-refractivity contribution in [3.05, 3.63) is 65.2 Å². The molecule has 1 atom stereocenters. The van der Waals surface area contributed by atoms with Gasteiger partial charge in [0.2, 0.25) is 5.91 Å². The third-order valence-corrected chi connectivity index (χ3v) is 3.83. The monoisotopic (exact) mass is 314 g/mol. The van der Waals surface area contributed by atoms with E-state index in [4.69, 9.17) is 11.6 Å². The number of benzene rings is 2. The molecule has 0 bridgehead atoms. The maximum Gasteiger partial charge on any atom is 0.252 e. The quantitative estimate of drug-likeness (QED) is 0.882. The molecule has 0 saturated carbocycles. The van der Waals surface area contributed by atoms with Crippen LogP contribution in [-0.2, 0) is 16.1 Å². The van der Waals surface area contributed by atoms with Crippen molar-refractivity contribution >= 4 is 29.1 Å². The van der Waals surface area contributed by atoms with E-state index in [2.05, 4.69) is 5.32 Å². The summed E-state index contributed by atoms with van der Waals surface area (Å²) in [6.07, 6.45) is 0.165. The largest absolute Gasteiger partial charge is 0.373 e. The molecule has 3 rings (SSSR count). The molecule has 1 fully saturated rings. The zero-order valence-electron chi connectivity index (χ0n) is 11.8. The fraction of sp³-hybridized carbons (Fsp3) is 0.176. The van der Waals surface area contributed by atoms with Gasteiger partial charge in [0.15, 0.2) is 0 Å². The normalized spacial score (nSPS) is 17.9. The van der Waals surface area contributed by atoms with Crippen molar-refractivity contribution in [1.82, 2.24) is 4.90 Å². The summed E-state index contributed by atoms with van der Waals surface area (Å²) in [5.74, 6) is -0.359. The Morgan fingerprint density at radius 3 is 2.59 bits per heavy atom. The molecule has 1 aliphatic heterocycles. The standard InChI is InChI=1S/C17H15ClN2O2/c18-13-7-4-8-14(9-13)19-15-10-16(21)20(17(15)22)11-12-5-2-1-3-6-12/h1-9,15,19H,10-11H2/t15-/m1/s1. The van der Waals surface area contributed by atoms with Crippen LogP contribution < -0.4 is 5.32 Å². The van der Waals surface area contributed by atoms with Crippen LogP contribution in [0.3, 0.4) is 0 Å². The minimum absolute atomic E-state index is 0.159.